The second-order valence-corrected chi connectivity index (χ2v) is 6.82. The molecular formula is C25H26N2O3. The Morgan fingerprint density at radius 1 is 0.967 bits per heavy atom. The van der Waals surface area contributed by atoms with Gasteiger partial charge in [-0.2, -0.15) is 0 Å². The molecule has 3 aromatic rings. The number of ether oxygens (including phenoxy) is 1. The highest BCUT2D eigenvalue weighted by Gasteiger charge is 2.11. The molecule has 0 bridgehead atoms. The van der Waals surface area contributed by atoms with E-state index in [1.165, 1.54) is 6.92 Å². The van der Waals surface area contributed by atoms with E-state index in [9.17, 15) is 4.79 Å². The van der Waals surface area contributed by atoms with Crippen LogP contribution in [0.1, 0.15) is 36.1 Å². The largest absolute Gasteiger partial charge is 0.489 e. The van der Waals surface area contributed by atoms with Crippen LogP contribution in [0.5, 0.6) is 5.75 Å². The smallest absolute Gasteiger partial charge is 0.221 e. The van der Waals surface area contributed by atoms with E-state index >= 15 is 0 Å². The van der Waals surface area contributed by atoms with Gasteiger partial charge in [0.2, 0.25) is 5.91 Å². The SMILES string of the molecule is CCON=C(c1ccccc1)c1cccc(OCc2c(C)cccc2NC(C)=O)c1. The number of carbonyl (C=O) groups is 1. The van der Waals surface area contributed by atoms with Crippen molar-refractivity contribution >= 4 is 17.3 Å². The summed E-state index contributed by atoms with van der Waals surface area (Å²) in [7, 11) is 0. The quantitative estimate of drug-likeness (QED) is 0.410. The van der Waals surface area contributed by atoms with Crippen LogP contribution in [0.4, 0.5) is 5.69 Å². The van der Waals surface area contributed by atoms with Crippen molar-refractivity contribution in [3.05, 3.63) is 95.1 Å². The fourth-order valence-electron chi connectivity index (χ4n) is 3.09. The normalized spacial score (nSPS) is 11.1. The lowest BCUT2D eigenvalue weighted by molar-refractivity contribution is -0.114. The molecule has 5 nitrogen and oxygen atoms in total. The van der Waals surface area contributed by atoms with E-state index in [1.54, 1.807) is 0 Å². The van der Waals surface area contributed by atoms with E-state index in [0.717, 1.165) is 33.7 Å². The number of benzene rings is 3. The lowest BCUT2D eigenvalue weighted by atomic mass is 10.0. The third-order valence-corrected chi connectivity index (χ3v) is 4.54. The zero-order chi connectivity index (χ0) is 21.3. The lowest BCUT2D eigenvalue weighted by Crippen LogP contribution is -2.10. The van der Waals surface area contributed by atoms with E-state index < -0.39 is 0 Å². The summed E-state index contributed by atoms with van der Waals surface area (Å²) >= 11 is 0. The van der Waals surface area contributed by atoms with Crippen LogP contribution in [0.3, 0.4) is 0 Å². The molecule has 0 atom stereocenters. The number of nitrogens with zero attached hydrogens (tertiary/aromatic N) is 1. The van der Waals surface area contributed by atoms with Gasteiger partial charge in [0.25, 0.3) is 0 Å². The van der Waals surface area contributed by atoms with E-state index in [0.29, 0.717) is 19.0 Å². The number of carbonyl (C=O) groups excluding carboxylic acids is 1. The molecule has 0 radical (unpaired) electrons. The summed E-state index contributed by atoms with van der Waals surface area (Å²) in [5, 5.41) is 7.19. The molecule has 3 aromatic carbocycles. The fourth-order valence-corrected chi connectivity index (χ4v) is 3.09. The number of oxime groups is 1. The van der Waals surface area contributed by atoms with Gasteiger partial charge in [0.15, 0.2) is 0 Å². The molecule has 0 aromatic heterocycles. The van der Waals surface area contributed by atoms with Gasteiger partial charge < -0.3 is 14.9 Å². The fraction of sp³-hybridized carbons (Fsp3) is 0.200. The Morgan fingerprint density at radius 3 is 2.43 bits per heavy atom. The van der Waals surface area contributed by atoms with Gasteiger partial charge in [0.05, 0.1) is 0 Å². The van der Waals surface area contributed by atoms with Crippen LogP contribution in [0.2, 0.25) is 0 Å². The van der Waals surface area contributed by atoms with Crippen molar-refractivity contribution in [2.24, 2.45) is 5.16 Å². The molecule has 0 heterocycles. The van der Waals surface area contributed by atoms with E-state index in [1.807, 2.05) is 86.6 Å². The van der Waals surface area contributed by atoms with Crippen LogP contribution in [0.15, 0.2) is 78.0 Å². The molecule has 30 heavy (non-hydrogen) atoms. The zero-order valence-corrected chi connectivity index (χ0v) is 17.5. The zero-order valence-electron chi connectivity index (χ0n) is 17.5. The van der Waals surface area contributed by atoms with Crippen LogP contribution in [-0.4, -0.2) is 18.2 Å². The summed E-state index contributed by atoms with van der Waals surface area (Å²) in [5.74, 6) is 0.605. The average molecular weight is 402 g/mol. The minimum Gasteiger partial charge on any atom is -0.489 e. The van der Waals surface area contributed by atoms with Gasteiger partial charge in [0.1, 0.15) is 24.7 Å². The van der Waals surface area contributed by atoms with Crippen LogP contribution < -0.4 is 10.1 Å². The molecule has 0 aliphatic rings. The molecule has 5 heteroatoms. The highest BCUT2D eigenvalue weighted by atomic mass is 16.6. The van der Waals surface area contributed by atoms with Crippen molar-refractivity contribution in [1.29, 1.82) is 0 Å². The van der Waals surface area contributed by atoms with E-state index in [2.05, 4.69) is 10.5 Å². The number of aryl methyl sites for hydroxylation is 1. The number of hydrogen-bond acceptors (Lipinski definition) is 4. The predicted octanol–water partition coefficient (Wildman–Crippen LogP) is 5.32. The van der Waals surface area contributed by atoms with Gasteiger partial charge >= 0.3 is 0 Å². The third kappa shape index (κ3) is 5.47. The van der Waals surface area contributed by atoms with E-state index in [4.69, 9.17) is 9.57 Å². The van der Waals surface area contributed by atoms with Crippen molar-refractivity contribution in [3.63, 3.8) is 0 Å². The third-order valence-electron chi connectivity index (χ3n) is 4.54. The van der Waals surface area contributed by atoms with Crippen molar-refractivity contribution in [2.75, 3.05) is 11.9 Å². The van der Waals surface area contributed by atoms with Crippen molar-refractivity contribution < 1.29 is 14.4 Å². The van der Waals surface area contributed by atoms with Gasteiger partial charge in [-0.3, -0.25) is 4.79 Å². The minimum atomic E-state index is -0.108. The van der Waals surface area contributed by atoms with Crippen molar-refractivity contribution in [1.82, 2.24) is 0 Å². The first kappa shape index (κ1) is 21.1. The first-order valence-corrected chi connectivity index (χ1v) is 9.93. The summed E-state index contributed by atoms with van der Waals surface area (Å²) in [6.45, 7) is 6.24. The molecule has 154 valence electrons. The molecular weight excluding hydrogens is 376 g/mol. The molecule has 3 rings (SSSR count). The number of amides is 1. The van der Waals surface area contributed by atoms with Crippen LogP contribution >= 0.6 is 0 Å². The minimum absolute atomic E-state index is 0.108. The van der Waals surface area contributed by atoms with Gasteiger partial charge in [-0.15, -0.1) is 0 Å². The van der Waals surface area contributed by atoms with Gasteiger partial charge in [-0.1, -0.05) is 59.8 Å². The number of hydrogen-bond donors (Lipinski definition) is 1. The maximum absolute atomic E-state index is 11.5. The second kappa shape index (κ2) is 10.3. The first-order chi connectivity index (χ1) is 14.6. The maximum atomic E-state index is 11.5. The monoisotopic (exact) mass is 402 g/mol. The Balaban J connectivity index is 1.85. The van der Waals surface area contributed by atoms with Crippen molar-refractivity contribution in [2.45, 2.75) is 27.4 Å². The molecule has 0 spiro atoms. The molecule has 0 aliphatic heterocycles. The van der Waals surface area contributed by atoms with Gasteiger partial charge in [-0.05, 0) is 37.6 Å². The maximum Gasteiger partial charge on any atom is 0.221 e. The number of nitrogens with one attached hydrogen (secondary N) is 1. The molecule has 0 unspecified atom stereocenters. The van der Waals surface area contributed by atoms with Crippen LogP contribution in [-0.2, 0) is 16.2 Å². The molecule has 0 aliphatic carbocycles. The predicted molar refractivity (Wildman–Crippen MR) is 120 cm³/mol. The van der Waals surface area contributed by atoms with Crippen LogP contribution in [0, 0.1) is 6.92 Å². The summed E-state index contributed by atoms with van der Waals surface area (Å²) in [6.07, 6.45) is 0. The van der Waals surface area contributed by atoms with E-state index in [-0.39, 0.29) is 5.91 Å². The van der Waals surface area contributed by atoms with Gasteiger partial charge in [-0.25, -0.2) is 0 Å². The van der Waals surface area contributed by atoms with Gasteiger partial charge in [0, 0.05) is 29.3 Å². The molecule has 0 fully saturated rings. The second-order valence-electron chi connectivity index (χ2n) is 6.82. The Labute approximate surface area is 177 Å². The number of rotatable bonds is 8. The topological polar surface area (TPSA) is 59.9 Å². The summed E-state index contributed by atoms with van der Waals surface area (Å²) < 4.78 is 6.08. The lowest BCUT2D eigenvalue weighted by Gasteiger charge is -2.15. The molecule has 0 saturated carbocycles. The highest BCUT2D eigenvalue weighted by molar-refractivity contribution is 6.12. The summed E-state index contributed by atoms with van der Waals surface area (Å²) in [6, 6.07) is 23.5. The standard InChI is InChI=1S/C25H26N2O3/c1-4-30-27-25(20-11-6-5-7-12-20)21-13-9-14-22(16-21)29-17-23-18(2)10-8-15-24(23)26-19(3)28/h5-16H,4,17H2,1-3H3,(H,26,28). The molecule has 1 N–H and O–H groups in total. The Bertz CT molecular complexity index is 1030. The Kier molecular flexibility index (Phi) is 7.22. The first-order valence-electron chi connectivity index (χ1n) is 9.93. The van der Waals surface area contributed by atoms with Crippen LogP contribution in [0.25, 0.3) is 0 Å². The molecule has 0 saturated heterocycles. The average Bonchev–Trinajstić information content (AvgIpc) is 2.74. The Morgan fingerprint density at radius 2 is 1.70 bits per heavy atom. The number of anilines is 1. The summed E-state index contributed by atoms with van der Waals surface area (Å²) in [5.41, 5.74) is 5.39. The Hall–Kier alpha value is -3.60. The highest BCUT2D eigenvalue weighted by Crippen LogP contribution is 2.23. The summed E-state index contributed by atoms with van der Waals surface area (Å²) in [4.78, 5) is 16.9. The molecule has 1 amide bonds. The van der Waals surface area contributed by atoms with Crippen molar-refractivity contribution in [3.8, 4) is 5.75 Å².